The topological polar surface area (TPSA) is 65.1 Å². The molecule has 1 saturated heterocycles. The Morgan fingerprint density at radius 1 is 1.31 bits per heavy atom. The summed E-state index contributed by atoms with van der Waals surface area (Å²) in [5.74, 6) is 2.30. The Kier molecular flexibility index (Phi) is 5.85. The number of piperidine rings is 1. The molecular formula is C20H25ClN4O. The lowest BCUT2D eigenvalue weighted by Crippen LogP contribution is -2.46. The first-order valence-corrected chi connectivity index (χ1v) is 9.48. The van der Waals surface area contributed by atoms with Gasteiger partial charge < -0.3 is 9.73 Å². The van der Waals surface area contributed by atoms with Crippen molar-refractivity contribution in [2.75, 3.05) is 25.0 Å². The zero-order valence-electron chi connectivity index (χ0n) is 15.5. The third-order valence-corrected chi connectivity index (χ3v) is 5.15. The van der Waals surface area contributed by atoms with Gasteiger partial charge in [0.25, 0.3) is 0 Å². The number of likely N-dealkylation sites (tertiary alicyclic amines) is 1. The van der Waals surface area contributed by atoms with E-state index in [9.17, 15) is 5.26 Å². The number of nitrogens with one attached hydrogen (secondary N) is 1. The van der Waals surface area contributed by atoms with Gasteiger partial charge in [0.05, 0.1) is 0 Å². The van der Waals surface area contributed by atoms with Gasteiger partial charge in [-0.1, -0.05) is 25.4 Å². The number of halogens is 1. The fraction of sp³-hybridized carbons (Fsp3) is 0.500. The molecule has 2 heterocycles. The summed E-state index contributed by atoms with van der Waals surface area (Å²) in [6.07, 6.45) is 1.29. The second-order valence-electron chi connectivity index (χ2n) is 7.45. The maximum Gasteiger partial charge on any atom is 0.232 e. The van der Waals surface area contributed by atoms with E-state index in [0.29, 0.717) is 29.4 Å². The van der Waals surface area contributed by atoms with Gasteiger partial charge in [0, 0.05) is 36.3 Å². The first kappa shape index (κ1) is 18.8. The van der Waals surface area contributed by atoms with Crippen LogP contribution < -0.4 is 5.32 Å². The van der Waals surface area contributed by atoms with Crippen molar-refractivity contribution in [1.82, 2.24) is 9.88 Å². The quantitative estimate of drug-likeness (QED) is 0.827. The predicted molar refractivity (Wildman–Crippen MR) is 104 cm³/mol. The number of nitrogens with zero attached hydrogens (tertiary/aromatic N) is 3. The van der Waals surface area contributed by atoms with Gasteiger partial charge in [-0.05, 0) is 49.4 Å². The highest BCUT2D eigenvalue weighted by molar-refractivity contribution is 6.30. The molecule has 1 fully saturated rings. The van der Waals surface area contributed by atoms with Crippen LogP contribution in [0.5, 0.6) is 0 Å². The predicted octanol–water partition coefficient (Wildman–Crippen LogP) is 4.64. The number of benzene rings is 1. The van der Waals surface area contributed by atoms with Crippen LogP contribution in [-0.2, 0) is 0 Å². The first-order chi connectivity index (χ1) is 12.5. The van der Waals surface area contributed by atoms with E-state index in [1.807, 2.05) is 12.1 Å². The molecule has 1 aliphatic rings. The number of nitriles is 1. The minimum Gasteiger partial charge on any atom is -0.419 e. The van der Waals surface area contributed by atoms with Gasteiger partial charge in [0.15, 0.2) is 0 Å². The molecule has 26 heavy (non-hydrogen) atoms. The third kappa shape index (κ3) is 4.38. The Balaban J connectivity index is 1.68. The smallest absolute Gasteiger partial charge is 0.232 e. The molecule has 0 amide bonds. The molecule has 6 heteroatoms. The van der Waals surface area contributed by atoms with E-state index >= 15 is 0 Å². The lowest BCUT2D eigenvalue weighted by atomic mass is 9.91. The highest BCUT2D eigenvalue weighted by atomic mass is 35.5. The molecule has 0 bridgehead atoms. The number of oxazole rings is 1. The van der Waals surface area contributed by atoms with Crippen LogP contribution in [0.25, 0.3) is 11.5 Å². The molecule has 5 nitrogen and oxygen atoms in total. The zero-order chi connectivity index (χ0) is 18.7. The molecule has 138 valence electrons. The molecule has 2 aromatic rings. The second kappa shape index (κ2) is 8.11. The van der Waals surface area contributed by atoms with E-state index in [0.717, 1.165) is 30.5 Å². The minimum absolute atomic E-state index is 0.280. The fourth-order valence-electron chi connectivity index (χ4n) is 3.67. The summed E-state index contributed by atoms with van der Waals surface area (Å²) < 4.78 is 5.81. The summed E-state index contributed by atoms with van der Waals surface area (Å²) in [4.78, 5) is 6.80. The SMILES string of the molecule is CC1CC(C)CN(C(C)CNc2oc(-c3ccc(Cl)cc3)nc2C#N)C1. The minimum atomic E-state index is 0.280. The number of hydrogen-bond acceptors (Lipinski definition) is 5. The Labute approximate surface area is 160 Å². The molecule has 0 saturated carbocycles. The summed E-state index contributed by atoms with van der Waals surface area (Å²) in [7, 11) is 0. The van der Waals surface area contributed by atoms with Crippen molar-refractivity contribution in [3.8, 4) is 17.5 Å². The van der Waals surface area contributed by atoms with Gasteiger partial charge in [-0.25, -0.2) is 0 Å². The van der Waals surface area contributed by atoms with Crippen LogP contribution in [0.15, 0.2) is 28.7 Å². The average molecular weight is 373 g/mol. The molecule has 3 rings (SSSR count). The Morgan fingerprint density at radius 3 is 2.58 bits per heavy atom. The van der Waals surface area contributed by atoms with Crippen molar-refractivity contribution in [2.45, 2.75) is 33.2 Å². The van der Waals surface area contributed by atoms with E-state index in [-0.39, 0.29) is 5.69 Å². The van der Waals surface area contributed by atoms with Gasteiger partial charge in [0.2, 0.25) is 17.5 Å². The molecule has 0 aliphatic carbocycles. The lowest BCUT2D eigenvalue weighted by molar-refractivity contribution is 0.108. The average Bonchev–Trinajstić information content (AvgIpc) is 3.02. The van der Waals surface area contributed by atoms with Crippen molar-refractivity contribution >= 4 is 17.5 Å². The molecule has 1 N–H and O–H groups in total. The highest BCUT2D eigenvalue weighted by Crippen LogP contribution is 2.27. The van der Waals surface area contributed by atoms with E-state index in [4.69, 9.17) is 16.0 Å². The summed E-state index contributed by atoms with van der Waals surface area (Å²) in [5, 5.41) is 13.3. The van der Waals surface area contributed by atoms with Gasteiger partial charge >= 0.3 is 0 Å². The van der Waals surface area contributed by atoms with Gasteiger partial charge in [0.1, 0.15) is 6.07 Å². The fourth-order valence-corrected chi connectivity index (χ4v) is 3.80. The van der Waals surface area contributed by atoms with Crippen LogP contribution in [0.4, 0.5) is 5.88 Å². The molecule has 1 aromatic heterocycles. The van der Waals surface area contributed by atoms with Gasteiger partial charge in [-0.3, -0.25) is 4.90 Å². The van der Waals surface area contributed by atoms with Crippen LogP contribution in [0, 0.1) is 23.2 Å². The molecule has 3 atom stereocenters. The maximum atomic E-state index is 9.36. The van der Waals surface area contributed by atoms with E-state index in [1.54, 1.807) is 12.1 Å². The lowest BCUT2D eigenvalue weighted by Gasteiger charge is -2.38. The highest BCUT2D eigenvalue weighted by Gasteiger charge is 2.25. The molecule has 3 unspecified atom stereocenters. The van der Waals surface area contributed by atoms with Crippen LogP contribution in [-0.4, -0.2) is 35.6 Å². The van der Waals surface area contributed by atoms with Crippen molar-refractivity contribution in [2.24, 2.45) is 11.8 Å². The number of anilines is 1. The Morgan fingerprint density at radius 2 is 1.96 bits per heavy atom. The van der Waals surface area contributed by atoms with E-state index in [1.165, 1.54) is 6.42 Å². The summed E-state index contributed by atoms with van der Waals surface area (Å²) in [6, 6.07) is 9.69. The summed E-state index contributed by atoms with van der Waals surface area (Å²) in [6.45, 7) is 9.77. The molecule has 1 aliphatic heterocycles. The molecule has 1 aromatic carbocycles. The largest absolute Gasteiger partial charge is 0.419 e. The number of rotatable bonds is 5. The van der Waals surface area contributed by atoms with Gasteiger partial charge in [-0.2, -0.15) is 10.2 Å². The molecular weight excluding hydrogens is 348 g/mol. The van der Waals surface area contributed by atoms with Crippen LogP contribution >= 0.6 is 11.6 Å². The maximum absolute atomic E-state index is 9.36. The summed E-state index contributed by atoms with van der Waals surface area (Å²) >= 11 is 5.92. The van der Waals surface area contributed by atoms with E-state index in [2.05, 4.69) is 42.0 Å². The van der Waals surface area contributed by atoms with E-state index < -0.39 is 0 Å². The number of aromatic nitrogens is 1. The molecule has 0 radical (unpaired) electrons. The molecule has 0 spiro atoms. The van der Waals surface area contributed by atoms with Crippen molar-refractivity contribution in [3.63, 3.8) is 0 Å². The van der Waals surface area contributed by atoms with Crippen LogP contribution in [0.2, 0.25) is 5.02 Å². The standard InChI is InChI=1S/C20H25ClN4O/c1-13-8-14(2)12-25(11-13)15(3)10-23-20-18(9-22)24-19(26-20)16-4-6-17(21)7-5-16/h4-7,13-15,23H,8,10-12H2,1-3H3. The van der Waals surface area contributed by atoms with Crippen LogP contribution in [0.3, 0.4) is 0 Å². The monoisotopic (exact) mass is 372 g/mol. The van der Waals surface area contributed by atoms with Gasteiger partial charge in [-0.15, -0.1) is 0 Å². The zero-order valence-corrected chi connectivity index (χ0v) is 16.3. The van der Waals surface area contributed by atoms with Crippen molar-refractivity contribution in [3.05, 3.63) is 35.0 Å². The second-order valence-corrected chi connectivity index (χ2v) is 7.88. The van der Waals surface area contributed by atoms with Crippen molar-refractivity contribution < 1.29 is 4.42 Å². The Bertz CT molecular complexity index is 770. The Hall–Kier alpha value is -2.03. The summed E-state index contributed by atoms with van der Waals surface area (Å²) in [5.41, 5.74) is 1.08. The normalized spacial score (nSPS) is 22.0. The van der Waals surface area contributed by atoms with Crippen LogP contribution in [0.1, 0.15) is 32.9 Å². The third-order valence-electron chi connectivity index (χ3n) is 4.90. The number of hydrogen-bond donors (Lipinski definition) is 1. The first-order valence-electron chi connectivity index (χ1n) is 9.11. The van der Waals surface area contributed by atoms with Crippen molar-refractivity contribution in [1.29, 1.82) is 5.26 Å².